The van der Waals surface area contributed by atoms with Crippen LogP contribution in [0.3, 0.4) is 0 Å². The maximum absolute atomic E-state index is 10.7. The van der Waals surface area contributed by atoms with Gasteiger partial charge in [-0.15, -0.1) is 11.5 Å². The molecule has 0 unspecified atom stereocenters. The zero-order valence-electron chi connectivity index (χ0n) is 18.0. The maximum atomic E-state index is 10.7. The second-order valence-corrected chi connectivity index (χ2v) is 4.64. The van der Waals surface area contributed by atoms with Crippen molar-refractivity contribution >= 4 is 0 Å². The minimum absolute atomic E-state index is 0. The predicted octanol–water partition coefficient (Wildman–Crippen LogP) is -9.69. The molecule has 0 saturated carbocycles. The number of ether oxygens (including phenoxy) is 2. The van der Waals surface area contributed by atoms with Crippen molar-refractivity contribution in [2.75, 3.05) is 14.2 Å². The standard InChI is InChI=1S/2C7H8O2.C6H6O.K.3Na/c1-9-7-4-2-6(8)3-5-7;1-9-7-5-3-2-4-6(7)8;7-6-4-2-1-3-5-6;;;;/h2*2-5,8H,1H3;1-5,7H;;;;/q;;;4*+1/p-3. The molecule has 0 aliphatic heterocycles. The van der Waals surface area contributed by atoms with E-state index in [1.165, 1.54) is 37.4 Å². The number of benzene rings is 3. The Morgan fingerprint density at radius 3 is 1.34 bits per heavy atom. The van der Waals surface area contributed by atoms with Crippen molar-refractivity contribution in [2.24, 2.45) is 0 Å². The SMILES string of the molecule is COc1ccc([O-])cc1.COc1ccccc1[O-].[K+].[Na+].[Na+].[Na+].[O-]c1ccccc1. The van der Waals surface area contributed by atoms with Gasteiger partial charge in [-0.05, 0) is 18.2 Å². The van der Waals surface area contributed by atoms with E-state index in [9.17, 15) is 15.3 Å². The Hall–Kier alpha value is 1.30. The van der Waals surface area contributed by atoms with E-state index in [1.807, 2.05) is 6.07 Å². The molecule has 0 amide bonds. The molecule has 0 aromatic heterocycles. The maximum Gasteiger partial charge on any atom is 1.00 e. The van der Waals surface area contributed by atoms with Crippen LogP contribution in [0.4, 0.5) is 0 Å². The molecule has 3 aromatic rings. The van der Waals surface area contributed by atoms with Crippen LogP contribution in [-0.2, 0) is 0 Å². The van der Waals surface area contributed by atoms with Gasteiger partial charge in [0.1, 0.15) is 11.5 Å². The zero-order valence-corrected chi connectivity index (χ0v) is 27.2. The molecule has 29 heavy (non-hydrogen) atoms. The van der Waals surface area contributed by atoms with Gasteiger partial charge in [0.05, 0.1) is 14.2 Å². The van der Waals surface area contributed by atoms with Crippen LogP contribution in [0.1, 0.15) is 0 Å². The fourth-order valence-corrected chi connectivity index (χ4v) is 1.62. The average Bonchev–Trinajstić information content (AvgIpc) is 2.64. The Balaban J connectivity index is -0.000000152. The van der Waals surface area contributed by atoms with E-state index in [0.29, 0.717) is 5.75 Å². The van der Waals surface area contributed by atoms with E-state index < -0.39 is 0 Å². The summed E-state index contributed by atoms with van der Waals surface area (Å²) in [6.45, 7) is 0. The quantitative estimate of drug-likeness (QED) is 0.364. The topological polar surface area (TPSA) is 87.6 Å². The normalized spacial score (nSPS) is 7.66. The van der Waals surface area contributed by atoms with Gasteiger partial charge in [0, 0.05) is 0 Å². The molecule has 3 aromatic carbocycles. The van der Waals surface area contributed by atoms with Crippen molar-refractivity contribution in [3.63, 3.8) is 0 Å². The molecule has 0 aliphatic rings. The number of hydrogen-bond acceptors (Lipinski definition) is 5. The van der Waals surface area contributed by atoms with Crippen molar-refractivity contribution in [2.45, 2.75) is 0 Å². The van der Waals surface area contributed by atoms with Crippen molar-refractivity contribution in [1.29, 1.82) is 0 Å². The van der Waals surface area contributed by atoms with Gasteiger partial charge in [-0.1, -0.05) is 66.4 Å². The van der Waals surface area contributed by atoms with Gasteiger partial charge in [0.15, 0.2) is 0 Å². The van der Waals surface area contributed by atoms with Crippen LogP contribution in [0.2, 0.25) is 0 Å². The molecule has 0 radical (unpaired) electrons. The third-order valence-electron chi connectivity index (χ3n) is 2.87. The van der Waals surface area contributed by atoms with Crippen molar-refractivity contribution < 1.29 is 165 Å². The van der Waals surface area contributed by atoms with Crippen molar-refractivity contribution in [3.8, 4) is 28.7 Å². The summed E-state index contributed by atoms with van der Waals surface area (Å²) in [6.07, 6.45) is 0. The van der Waals surface area contributed by atoms with Crippen LogP contribution in [0.25, 0.3) is 0 Å². The predicted molar refractivity (Wildman–Crippen MR) is 90.8 cm³/mol. The van der Waals surface area contributed by atoms with Gasteiger partial charge in [0.25, 0.3) is 0 Å². The Kier molecular flexibility index (Phi) is 31.1. The van der Waals surface area contributed by atoms with Crippen LogP contribution in [0.5, 0.6) is 28.7 Å². The molecule has 0 heterocycles. The monoisotopic (exact) mass is 447 g/mol. The molecular formula is C20H19KNa3O5+. The summed E-state index contributed by atoms with van der Waals surface area (Å²) in [5.74, 6) is 1.13. The molecule has 9 heteroatoms. The Labute approximate surface area is 281 Å². The first-order valence-electron chi connectivity index (χ1n) is 7.40. The van der Waals surface area contributed by atoms with Gasteiger partial charge >= 0.3 is 140 Å². The van der Waals surface area contributed by atoms with Gasteiger partial charge in [-0.3, -0.25) is 0 Å². The number of para-hydroxylation sites is 3. The van der Waals surface area contributed by atoms with E-state index in [2.05, 4.69) is 0 Å². The summed E-state index contributed by atoms with van der Waals surface area (Å²) in [5.41, 5.74) is 0. The molecule has 0 spiro atoms. The van der Waals surface area contributed by atoms with Gasteiger partial charge in [-0.2, -0.15) is 0 Å². The molecule has 0 saturated heterocycles. The first-order valence-corrected chi connectivity index (χ1v) is 7.40. The third-order valence-corrected chi connectivity index (χ3v) is 2.87. The summed E-state index contributed by atoms with van der Waals surface area (Å²) in [5, 5.41) is 31.5. The first-order chi connectivity index (χ1) is 12.1. The van der Waals surface area contributed by atoms with Crippen molar-refractivity contribution in [3.05, 3.63) is 78.9 Å². The molecular weight excluding hydrogens is 428 g/mol. The molecule has 132 valence electrons. The van der Waals surface area contributed by atoms with Gasteiger partial charge < -0.3 is 24.8 Å². The minimum Gasteiger partial charge on any atom is -0.872 e. The Morgan fingerprint density at radius 1 is 0.552 bits per heavy atom. The molecule has 0 bridgehead atoms. The van der Waals surface area contributed by atoms with Crippen LogP contribution in [-0.4, -0.2) is 14.2 Å². The molecule has 5 nitrogen and oxygen atoms in total. The van der Waals surface area contributed by atoms with E-state index >= 15 is 0 Å². The van der Waals surface area contributed by atoms with Gasteiger partial charge in [-0.25, -0.2) is 0 Å². The zero-order chi connectivity index (χ0) is 18.5. The second kappa shape index (κ2) is 23.9. The minimum atomic E-state index is -0.0694. The van der Waals surface area contributed by atoms with E-state index in [0.717, 1.165) is 5.75 Å². The Morgan fingerprint density at radius 2 is 1.00 bits per heavy atom. The smallest absolute Gasteiger partial charge is 0.872 e. The number of rotatable bonds is 2. The summed E-state index contributed by atoms with van der Waals surface area (Å²) < 4.78 is 9.56. The molecule has 0 N–H and O–H groups in total. The largest absolute Gasteiger partial charge is 1.00 e. The average molecular weight is 447 g/mol. The number of hydrogen-bond donors (Lipinski definition) is 0. The van der Waals surface area contributed by atoms with E-state index in [1.54, 1.807) is 49.6 Å². The molecule has 3 rings (SSSR count). The summed E-state index contributed by atoms with van der Waals surface area (Å²) in [7, 11) is 3.05. The van der Waals surface area contributed by atoms with Crippen LogP contribution >= 0.6 is 0 Å². The third kappa shape index (κ3) is 18.6. The van der Waals surface area contributed by atoms with E-state index in [4.69, 9.17) is 9.47 Å². The summed E-state index contributed by atoms with van der Waals surface area (Å²) in [4.78, 5) is 0. The fourth-order valence-electron chi connectivity index (χ4n) is 1.62. The van der Waals surface area contributed by atoms with E-state index in [-0.39, 0.29) is 157 Å². The molecule has 0 atom stereocenters. The van der Waals surface area contributed by atoms with Crippen LogP contribution < -0.4 is 165 Å². The molecule has 0 fully saturated rings. The summed E-state index contributed by atoms with van der Waals surface area (Å²) >= 11 is 0. The fraction of sp³-hybridized carbons (Fsp3) is 0.100. The summed E-state index contributed by atoms with van der Waals surface area (Å²) in [6, 6.07) is 21.1. The van der Waals surface area contributed by atoms with Gasteiger partial charge in [0.2, 0.25) is 0 Å². The molecule has 0 aliphatic carbocycles. The Bertz CT molecular complexity index is 732. The second-order valence-electron chi connectivity index (χ2n) is 4.64. The van der Waals surface area contributed by atoms with Crippen LogP contribution in [0.15, 0.2) is 78.9 Å². The van der Waals surface area contributed by atoms with Crippen molar-refractivity contribution in [1.82, 2.24) is 0 Å². The first kappa shape index (κ1) is 37.6. The number of methoxy groups -OCH3 is 2. The van der Waals surface area contributed by atoms with Crippen LogP contribution in [0, 0.1) is 0 Å².